The summed E-state index contributed by atoms with van der Waals surface area (Å²) >= 11 is 0. The molecule has 1 fully saturated rings. The minimum absolute atomic E-state index is 0.0856. The summed E-state index contributed by atoms with van der Waals surface area (Å²) < 4.78 is 40.7. The molecule has 1 aliphatic carbocycles. The van der Waals surface area contributed by atoms with Crippen molar-refractivity contribution in [3.05, 3.63) is 18.2 Å². The van der Waals surface area contributed by atoms with Crippen molar-refractivity contribution in [2.75, 3.05) is 0 Å². The molecular weight excluding hydrogens is 269 g/mol. The van der Waals surface area contributed by atoms with Gasteiger partial charge in [0.15, 0.2) is 0 Å². The van der Waals surface area contributed by atoms with Crippen molar-refractivity contribution in [1.82, 2.24) is 9.55 Å². The topological polar surface area (TPSA) is 34.9 Å². The highest BCUT2D eigenvalue weighted by Crippen LogP contribution is 2.42. The number of ketones is 1. The molecule has 0 aliphatic heterocycles. The summed E-state index contributed by atoms with van der Waals surface area (Å²) in [5.41, 5.74) is 0. The predicted octanol–water partition coefficient (Wildman–Crippen LogP) is 3.29. The molecule has 6 heteroatoms. The number of Topliss-reactive ketones (excluding diaryl/α,β-unsaturated/α-hetero) is 1. The Morgan fingerprint density at radius 1 is 1.40 bits per heavy atom. The van der Waals surface area contributed by atoms with Crippen LogP contribution >= 0.6 is 0 Å². The summed E-state index contributed by atoms with van der Waals surface area (Å²) in [7, 11) is 1.81. The standard InChI is InChI=1S/C14H19F3N2O/c1-19-9-8-18-13(19)7-6-12(20)10-4-2-3-5-11(10)14(15,16)17/h8-11H,2-7H2,1H3. The largest absolute Gasteiger partial charge is 0.392 e. The normalized spacial score (nSPS) is 23.8. The lowest BCUT2D eigenvalue weighted by atomic mass is 9.75. The number of aromatic nitrogens is 2. The molecule has 112 valence electrons. The van der Waals surface area contributed by atoms with E-state index in [1.165, 1.54) is 0 Å². The van der Waals surface area contributed by atoms with Crippen molar-refractivity contribution in [3.8, 4) is 0 Å². The number of aryl methyl sites for hydroxylation is 2. The Hall–Kier alpha value is -1.33. The van der Waals surface area contributed by atoms with Crippen LogP contribution in [0.2, 0.25) is 0 Å². The van der Waals surface area contributed by atoms with E-state index < -0.39 is 18.0 Å². The number of hydrogen-bond acceptors (Lipinski definition) is 2. The fraction of sp³-hybridized carbons (Fsp3) is 0.714. The molecule has 0 amide bonds. The first-order chi connectivity index (χ1) is 9.39. The maximum atomic E-state index is 13.0. The van der Waals surface area contributed by atoms with E-state index in [-0.39, 0.29) is 18.6 Å². The summed E-state index contributed by atoms with van der Waals surface area (Å²) in [5.74, 6) is -1.85. The lowest BCUT2D eigenvalue weighted by Crippen LogP contribution is -2.37. The van der Waals surface area contributed by atoms with E-state index in [2.05, 4.69) is 4.98 Å². The van der Waals surface area contributed by atoms with E-state index in [0.29, 0.717) is 25.7 Å². The lowest BCUT2D eigenvalue weighted by Gasteiger charge is -2.32. The van der Waals surface area contributed by atoms with Crippen LogP contribution in [0.15, 0.2) is 12.4 Å². The third-order valence-corrected chi connectivity index (χ3v) is 4.12. The minimum atomic E-state index is -4.26. The van der Waals surface area contributed by atoms with Gasteiger partial charge in [-0.05, 0) is 12.8 Å². The second kappa shape index (κ2) is 5.97. The summed E-state index contributed by atoms with van der Waals surface area (Å²) in [4.78, 5) is 16.2. The van der Waals surface area contributed by atoms with Crippen LogP contribution in [0, 0.1) is 11.8 Å². The molecule has 2 atom stereocenters. The molecule has 1 saturated carbocycles. The fourth-order valence-corrected chi connectivity index (χ4v) is 2.97. The number of hydrogen-bond donors (Lipinski definition) is 0. The van der Waals surface area contributed by atoms with Crippen LogP contribution in [0.25, 0.3) is 0 Å². The molecule has 0 saturated heterocycles. The highest BCUT2D eigenvalue weighted by atomic mass is 19.4. The van der Waals surface area contributed by atoms with Gasteiger partial charge in [-0.3, -0.25) is 4.79 Å². The number of alkyl halides is 3. The SMILES string of the molecule is Cn1ccnc1CCC(=O)C1CCCCC1C(F)(F)F. The Morgan fingerprint density at radius 3 is 2.70 bits per heavy atom. The molecule has 0 radical (unpaired) electrons. The summed E-state index contributed by atoms with van der Waals surface area (Å²) in [6.45, 7) is 0. The first kappa shape index (κ1) is 15.1. The number of nitrogens with zero attached hydrogens (tertiary/aromatic N) is 2. The van der Waals surface area contributed by atoms with Gasteiger partial charge in [0, 0.05) is 38.2 Å². The highest BCUT2D eigenvalue weighted by molar-refractivity contribution is 5.81. The minimum Gasteiger partial charge on any atom is -0.338 e. The molecule has 2 unspecified atom stereocenters. The zero-order chi connectivity index (χ0) is 14.8. The van der Waals surface area contributed by atoms with Crippen LogP contribution in [-0.2, 0) is 18.3 Å². The molecule has 20 heavy (non-hydrogen) atoms. The lowest BCUT2D eigenvalue weighted by molar-refractivity contribution is -0.197. The smallest absolute Gasteiger partial charge is 0.338 e. The van der Waals surface area contributed by atoms with E-state index in [9.17, 15) is 18.0 Å². The second-order valence-electron chi connectivity index (χ2n) is 5.46. The Bertz CT molecular complexity index is 467. The monoisotopic (exact) mass is 288 g/mol. The van der Waals surface area contributed by atoms with E-state index in [1.807, 2.05) is 7.05 Å². The van der Waals surface area contributed by atoms with Gasteiger partial charge >= 0.3 is 6.18 Å². The van der Waals surface area contributed by atoms with Gasteiger partial charge in [-0.2, -0.15) is 13.2 Å². The number of rotatable bonds is 4. The molecule has 3 nitrogen and oxygen atoms in total. The van der Waals surface area contributed by atoms with Crippen LogP contribution in [0.1, 0.15) is 37.9 Å². The Labute approximate surface area is 116 Å². The van der Waals surface area contributed by atoms with Crippen molar-refractivity contribution in [1.29, 1.82) is 0 Å². The molecule has 2 rings (SSSR count). The van der Waals surface area contributed by atoms with E-state index in [4.69, 9.17) is 0 Å². The third-order valence-electron chi connectivity index (χ3n) is 4.12. The van der Waals surface area contributed by atoms with Crippen molar-refractivity contribution < 1.29 is 18.0 Å². The van der Waals surface area contributed by atoms with Crippen molar-refractivity contribution in [2.45, 2.75) is 44.7 Å². The van der Waals surface area contributed by atoms with Crippen molar-refractivity contribution >= 4 is 5.78 Å². The molecule has 0 N–H and O–H groups in total. The number of imidazole rings is 1. The van der Waals surface area contributed by atoms with Gasteiger partial charge in [0.2, 0.25) is 0 Å². The summed E-state index contributed by atoms with van der Waals surface area (Å²) in [6, 6.07) is 0. The number of halogens is 3. The van der Waals surface area contributed by atoms with Crippen LogP contribution in [0.4, 0.5) is 13.2 Å². The van der Waals surface area contributed by atoms with E-state index in [0.717, 1.165) is 5.82 Å². The van der Waals surface area contributed by atoms with Crippen molar-refractivity contribution in [2.24, 2.45) is 18.9 Å². The molecule has 1 aliphatic rings. The summed E-state index contributed by atoms with van der Waals surface area (Å²) in [5, 5.41) is 0. The van der Waals surface area contributed by atoms with Crippen LogP contribution in [0.3, 0.4) is 0 Å². The number of carbonyl (C=O) groups excluding carboxylic acids is 1. The Morgan fingerprint density at radius 2 is 2.10 bits per heavy atom. The Balaban J connectivity index is 1.98. The summed E-state index contributed by atoms with van der Waals surface area (Å²) in [6.07, 6.45) is 1.40. The van der Waals surface area contributed by atoms with Gasteiger partial charge in [-0.1, -0.05) is 12.8 Å². The van der Waals surface area contributed by atoms with Gasteiger partial charge in [-0.25, -0.2) is 4.98 Å². The van der Waals surface area contributed by atoms with Gasteiger partial charge in [0.1, 0.15) is 11.6 Å². The molecule has 1 aromatic rings. The molecule has 1 heterocycles. The maximum absolute atomic E-state index is 13.0. The predicted molar refractivity (Wildman–Crippen MR) is 68.0 cm³/mol. The second-order valence-corrected chi connectivity index (χ2v) is 5.46. The zero-order valence-electron chi connectivity index (χ0n) is 11.5. The van der Waals surface area contributed by atoms with Gasteiger partial charge < -0.3 is 4.57 Å². The van der Waals surface area contributed by atoms with Crippen LogP contribution in [-0.4, -0.2) is 21.5 Å². The molecule has 0 aromatic carbocycles. The maximum Gasteiger partial charge on any atom is 0.392 e. The van der Waals surface area contributed by atoms with Crippen LogP contribution in [0.5, 0.6) is 0 Å². The first-order valence-electron chi connectivity index (χ1n) is 6.95. The zero-order valence-corrected chi connectivity index (χ0v) is 11.5. The van der Waals surface area contributed by atoms with E-state index >= 15 is 0 Å². The van der Waals surface area contributed by atoms with Gasteiger partial charge in [0.05, 0.1) is 5.92 Å². The Kier molecular flexibility index (Phi) is 4.50. The molecule has 0 bridgehead atoms. The molecule has 1 aromatic heterocycles. The average molecular weight is 288 g/mol. The average Bonchev–Trinajstić information content (AvgIpc) is 2.80. The fourth-order valence-electron chi connectivity index (χ4n) is 2.97. The van der Waals surface area contributed by atoms with Gasteiger partial charge in [0.25, 0.3) is 0 Å². The molecular formula is C14H19F3N2O. The molecule has 0 spiro atoms. The third kappa shape index (κ3) is 3.41. The highest BCUT2D eigenvalue weighted by Gasteiger charge is 2.47. The quantitative estimate of drug-likeness (QED) is 0.852. The van der Waals surface area contributed by atoms with E-state index in [1.54, 1.807) is 17.0 Å². The van der Waals surface area contributed by atoms with Crippen LogP contribution < -0.4 is 0 Å². The van der Waals surface area contributed by atoms with Crippen molar-refractivity contribution in [3.63, 3.8) is 0 Å². The van der Waals surface area contributed by atoms with Gasteiger partial charge in [-0.15, -0.1) is 0 Å². The number of carbonyl (C=O) groups is 1. The first-order valence-corrected chi connectivity index (χ1v) is 6.95.